The van der Waals surface area contributed by atoms with E-state index in [1.54, 1.807) is 0 Å². The van der Waals surface area contributed by atoms with Crippen molar-refractivity contribution in [2.45, 2.75) is 50.2 Å². The largest absolute Gasteiger partial charge is 0.388 e. The Hall–Kier alpha value is -0.860. The first-order chi connectivity index (χ1) is 9.13. The van der Waals surface area contributed by atoms with E-state index in [1.165, 1.54) is 17.8 Å². The molecule has 19 heavy (non-hydrogen) atoms. The Morgan fingerprint density at radius 1 is 1.37 bits per heavy atom. The van der Waals surface area contributed by atoms with Crippen LogP contribution in [0.5, 0.6) is 0 Å². The summed E-state index contributed by atoms with van der Waals surface area (Å²) in [5, 5.41) is 22.1. The van der Waals surface area contributed by atoms with E-state index >= 15 is 0 Å². The molecule has 0 spiro atoms. The highest BCUT2D eigenvalue weighted by molar-refractivity contribution is 7.10. The Bertz CT molecular complexity index is 466. The predicted octanol–water partition coefficient (Wildman–Crippen LogP) is 2.18. The second kappa shape index (κ2) is 6.53. The van der Waals surface area contributed by atoms with Gasteiger partial charge in [-0.2, -0.15) is 0 Å². The van der Waals surface area contributed by atoms with Gasteiger partial charge in [-0.25, -0.2) is 0 Å². The molecule has 1 heterocycles. The number of hydrogen-bond donors (Lipinski definition) is 3. The summed E-state index contributed by atoms with van der Waals surface area (Å²) in [6.45, 7) is 0.472. The summed E-state index contributed by atoms with van der Waals surface area (Å²) in [6.07, 6.45) is 4.91. The molecule has 2 rings (SSSR count). The number of rotatable bonds is 3. The maximum absolute atomic E-state index is 10.3. The van der Waals surface area contributed by atoms with Crippen LogP contribution in [0.3, 0.4) is 0 Å². The van der Waals surface area contributed by atoms with Crippen LogP contribution in [0.2, 0.25) is 0 Å². The van der Waals surface area contributed by atoms with Crippen molar-refractivity contribution in [3.63, 3.8) is 0 Å². The highest BCUT2D eigenvalue weighted by atomic mass is 32.1. The molecule has 1 unspecified atom stereocenters. The number of aliphatic hydroxyl groups excluding tert-OH is 1. The molecule has 0 aliphatic heterocycles. The van der Waals surface area contributed by atoms with Crippen LogP contribution in [-0.4, -0.2) is 22.4 Å². The normalized spacial score (nSPS) is 19.5. The predicted molar refractivity (Wildman–Crippen MR) is 77.9 cm³/mol. The van der Waals surface area contributed by atoms with E-state index in [4.69, 9.17) is 5.73 Å². The zero-order valence-electron chi connectivity index (χ0n) is 11.1. The molecule has 1 aliphatic carbocycles. The maximum Gasteiger partial charge on any atom is 0.125 e. The van der Waals surface area contributed by atoms with Gasteiger partial charge >= 0.3 is 0 Å². The molecular weight excluding hydrogens is 258 g/mol. The minimum atomic E-state index is -0.809. The SMILES string of the molecule is NCCC(O)c1cc(C#CC2(O)CCCCC2)cs1. The topological polar surface area (TPSA) is 66.5 Å². The van der Waals surface area contributed by atoms with Crippen LogP contribution in [-0.2, 0) is 0 Å². The van der Waals surface area contributed by atoms with Crippen molar-refractivity contribution in [1.29, 1.82) is 0 Å². The molecular formula is C15H21NO2S. The first kappa shape index (κ1) is 14.5. The quantitative estimate of drug-likeness (QED) is 0.743. The fourth-order valence-electron chi connectivity index (χ4n) is 2.34. The summed E-state index contributed by atoms with van der Waals surface area (Å²) < 4.78 is 0. The first-order valence-electron chi connectivity index (χ1n) is 6.85. The summed E-state index contributed by atoms with van der Waals surface area (Å²) in [7, 11) is 0. The third-order valence-corrected chi connectivity index (χ3v) is 4.54. The van der Waals surface area contributed by atoms with Crippen LogP contribution < -0.4 is 5.73 Å². The monoisotopic (exact) mass is 279 g/mol. The van der Waals surface area contributed by atoms with E-state index < -0.39 is 11.7 Å². The van der Waals surface area contributed by atoms with Crippen molar-refractivity contribution in [2.24, 2.45) is 5.73 Å². The van der Waals surface area contributed by atoms with Crippen molar-refractivity contribution < 1.29 is 10.2 Å². The summed E-state index contributed by atoms with van der Waals surface area (Å²) in [5.41, 5.74) is 5.49. The average Bonchev–Trinajstić information content (AvgIpc) is 2.87. The molecule has 0 radical (unpaired) electrons. The van der Waals surface area contributed by atoms with Crippen LogP contribution >= 0.6 is 11.3 Å². The zero-order chi connectivity index (χ0) is 13.7. The highest BCUT2D eigenvalue weighted by Crippen LogP contribution is 2.28. The van der Waals surface area contributed by atoms with Gasteiger partial charge in [0, 0.05) is 15.8 Å². The van der Waals surface area contributed by atoms with E-state index in [0.29, 0.717) is 13.0 Å². The fraction of sp³-hybridized carbons (Fsp3) is 0.600. The van der Waals surface area contributed by atoms with E-state index in [2.05, 4.69) is 11.8 Å². The minimum Gasteiger partial charge on any atom is -0.388 e. The number of nitrogens with two attached hydrogens (primary N) is 1. The Morgan fingerprint density at radius 3 is 2.79 bits per heavy atom. The molecule has 1 aromatic rings. The van der Waals surface area contributed by atoms with Gasteiger partial charge in [-0.05, 0) is 44.7 Å². The van der Waals surface area contributed by atoms with Gasteiger partial charge < -0.3 is 15.9 Å². The van der Waals surface area contributed by atoms with Gasteiger partial charge in [-0.15, -0.1) is 11.3 Å². The van der Waals surface area contributed by atoms with Gasteiger partial charge in [0.1, 0.15) is 5.60 Å². The summed E-state index contributed by atoms with van der Waals surface area (Å²) in [4.78, 5) is 0.894. The van der Waals surface area contributed by atoms with E-state index in [9.17, 15) is 10.2 Å². The Balaban J connectivity index is 2.03. The van der Waals surface area contributed by atoms with Crippen molar-refractivity contribution >= 4 is 11.3 Å². The highest BCUT2D eigenvalue weighted by Gasteiger charge is 2.26. The molecule has 1 atom stereocenters. The lowest BCUT2D eigenvalue weighted by Crippen LogP contribution is -2.29. The molecule has 0 saturated heterocycles. The van der Waals surface area contributed by atoms with Crippen LogP contribution in [0.25, 0.3) is 0 Å². The molecule has 1 saturated carbocycles. The lowest BCUT2D eigenvalue weighted by Gasteiger charge is -2.26. The van der Waals surface area contributed by atoms with Crippen molar-refractivity contribution in [2.75, 3.05) is 6.54 Å². The molecule has 4 heteroatoms. The lowest BCUT2D eigenvalue weighted by atomic mass is 9.85. The molecule has 3 nitrogen and oxygen atoms in total. The second-order valence-corrected chi connectivity index (χ2v) is 6.12. The van der Waals surface area contributed by atoms with Gasteiger partial charge in [0.2, 0.25) is 0 Å². The van der Waals surface area contributed by atoms with Crippen LogP contribution in [0, 0.1) is 11.8 Å². The molecule has 1 aliphatic rings. The average molecular weight is 279 g/mol. The van der Waals surface area contributed by atoms with Crippen molar-refractivity contribution in [3.8, 4) is 11.8 Å². The molecule has 1 aromatic heterocycles. The number of thiophene rings is 1. The van der Waals surface area contributed by atoms with Crippen molar-refractivity contribution in [3.05, 3.63) is 21.9 Å². The zero-order valence-corrected chi connectivity index (χ0v) is 11.9. The number of aliphatic hydroxyl groups is 2. The standard InChI is InChI=1S/C15H21NO2S/c16-9-5-13(17)14-10-12(11-19-14)4-8-15(18)6-2-1-3-7-15/h10-11,13,17-18H,1-3,5-7,9,16H2. The van der Waals surface area contributed by atoms with Gasteiger partial charge in [-0.3, -0.25) is 0 Å². The number of hydrogen-bond acceptors (Lipinski definition) is 4. The Labute approximate surface area is 118 Å². The van der Waals surface area contributed by atoms with Gasteiger partial charge in [0.05, 0.1) is 6.10 Å². The Morgan fingerprint density at radius 2 is 2.11 bits per heavy atom. The van der Waals surface area contributed by atoms with Crippen LogP contribution in [0.4, 0.5) is 0 Å². The minimum absolute atomic E-state index is 0.472. The van der Waals surface area contributed by atoms with E-state index in [0.717, 1.165) is 36.1 Å². The fourth-order valence-corrected chi connectivity index (χ4v) is 3.20. The Kier molecular flexibility index (Phi) is 5.00. The molecule has 0 bridgehead atoms. The molecule has 0 amide bonds. The molecule has 0 aromatic carbocycles. The van der Waals surface area contributed by atoms with Gasteiger partial charge in [0.15, 0.2) is 0 Å². The summed E-state index contributed by atoms with van der Waals surface area (Å²) in [6, 6.07) is 1.89. The summed E-state index contributed by atoms with van der Waals surface area (Å²) in [5.74, 6) is 6.04. The van der Waals surface area contributed by atoms with Crippen molar-refractivity contribution in [1.82, 2.24) is 0 Å². The third kappa shape index (κ3) is 4.05. The molecule has 104 valence electrons. The first-order valence-corrected chi connectivity index (χ1v) is 7.73. The maximum atomic E-state index is 10.3. The van der Waals surface area contributed by atoms with Gasteiger partial charge in [-0.1, -0.05) is 18.3 Å². The molecule has 4 N–H and O–H groups in total. The van der Waals surface area contributed by atoms with E-state index in [1.807, 2.05) is 11.4 Å². The second-order valence-electron chi connectivity index (χ2n) is 5.17. The third-order valence-electron chi connectivity index (χ3n) is 3.51. The van der Waals surface area contributed by atoms with Crippen LogP contribution in [0.1, 0.15) is 55.1 Å². The smallest absolute Gasteiger partial charge is 0.125 e. The summed E-state index contributed by atoms with van der Waals surface area (Å²) >= 11 is 1.49. The lowest BCUT2D eigenvalue weighted by molar-refractivity contribution is 0.0610. The van der Waals surface area contributed by atoms with Crippen LogP contribution in [0.15, 0.2) is 11.4 Å². The molecule has 1 fully saturated rings. The van der Waals surface area contributed by atoms with E-state index in [-0.39, 0.29) is 0 Å². The van der Waals surface area contributed by atoms with Gasteiger partial charge in [0.25, 0.3) is 0 Å².